The first kappa shape index (κ1) is 13.9. The number of fused-ring (bicyclic) bond motifs is 2. The Morgan fingerprint density at radius 1 is 0.800 bits per heavy atom. The smallest absolute Gasteiger partial charge is 0.137 e. The predicted octanol–water partition coefficient (Wildman–Crippen LogP) is 4.96. The van der Waals surface area contributed by atoms with Crippen LogP contribution in [0.15, 0.2) is 73.2 Å². The van der Waals surface area contributed by atoms with Gasteiger partial charge in [0.15, 0.2) is 0 Å². The zero-order chi connectivity index (χ0) is 16.8. The van der Waals surface area contributed by atoms with Crippen LogP contribution in [0.5, 0.6) is 0 Å². The molecule has 4 nitrogen and oxygen atoms in total. The van der Waals surface area contributed by atoms with Gasteiger partial charge in [0.05, 0.1) is 0 Å². The molecule has 3 aromatic heterocycles. The quantitative estimate of drug-likeness (QED) is 0.402. The van der Waals surface area contributed by atoms with Crippen molar-refractivity contribution in [1.82, 2.24) is 15.0 Å². The third-order valence-electron chi connectivity index (χ3n) is 4.64. The number of nitrogens with zero attached hydrogens (tertiary/aromatic N) is 1. The van der Waals surface area contributed by atoms with Crippen LogP contribution in [0.4, 0.5) is 5.69 Å². The highest BCUT2D eigenvalue weighted by Crippen LogP contribution is 2.32. The molecule has 0 aliphatic rings. The predicted molar refractivity (Wildman–Crippen MR) is 103 cm³/mol. The number of aromatic amines is 2. The van der Waals surface area contributed by atoms with Gasteiger partial charge in [-0.2, -0.15) is 0 Å². The Morgan fingerprint density at radius 3 is 2.52 bits per heavy atom. The maximum atomic E-state index is 5.79. The molecule has 0 unspecified atom stereocenters. The number of nitrogen functional groups attached to an aromatic ring is 1. The van der Waals surface area contributed by atoms with Gasteiger partial charge in [-0.05, 0) is 52.9 Å². The Morgan fingerprint density at radius 2 is 1.64 bits per heavy atom. The summed E-state index contributed by atoms with van der Waals surface area (Å²) in [6, 6.07) is 18.6. The van der Waals surface area contributed by atoms with Crippen LogP contribution in [0.25, 0.3) is 44.2 Å². The summed E-state index contributed by atoms with van der Waals surface area (Å²) < 4.78 is 0. The summed E-state index contributed by atoms with van der Waals surface area (Å²) in [4.78, 5) is 11.1. The van der Waals surface area contributed by atoms with Crippen LogP contribution in [0.1, 0.15) is 0 Å². The van der Waals surface area contributed by atoms with Gasteiger partial charge in [-0.3, -0.25) is 0 Å². The van der Waals surface area contributed by atoms with Crippen LogP contribution in [0, 0.1) is 0 Å². The first-order chi connectivity index (χ1) is 12.3. The molecule has 120 valence electrons. The summed E-state index contributed by atoms with van der Waals surface area (Å²) >= 11 is 0. The number of anilines is 1. The third kappa shape index (κ3) is 2.27. The Hall–Kier alpha value is -3.53. The zero-order valence-corrected chi connectivity index (χ0v) is 13.5. The molecule has 25 heavy (non-hydrogen) atoms. The average molecular weight is 324 g/mol. The number of hydrogen-bond donors (Lipinski definition) is 3. The Kier molecular flexibility index (Phi) is 2.91. The number of pyridine rings is 1. The van der Waals surface area contributed by atoms with E-state index in [1.165, 1.54) is 10.9 Å². The summed E-state index contributed by atoms with van der Waals surface area (Å²) in [5.41, 5.74) is 13.1. The first-order valence-electron chi connectivity index (χ1n) is 8.18. The lowest BCUT2D eigenvalue weighted by atomic mass is 10.0. The van der Waals surface area contributed by atoms with Crippen molar-refractivity contribution in [2.24, 2.45) is 0 Å². The molecule has 0 fully saturated rings. The molecule has 0 spiro atoms. The lowest BCUT2D eigenvalue weighted by molar-refractivity contribution is 1.33. The molecule has 0 atom stereocenters. The van der Waals surface area contributed by atoms with Crippen molar-refractivity contribution in [3.8, 4) is 22.3 Å². The topological polar surface area (TPSA) is 70.5 Å². The van der Waals surface area contributed by atoms with E-state index < -0.39 is 0 Å². The minimum absolute atomic E-state index is 0.764. The van der Waals surface area contributed by atoms with Gasteiger partial charge < -0.3 is 15.7 Å². The molecule has 4 heteroatoms. The SMILES string of the molecule is Nc1ccc(-c2cnc3[nH]cc(-c4ccc5[nH]ccc5c4)c3c2)cc1. The number of rotatable bonds is 2. The summed E-state index contributed by atoms with van der Waals surface area (Å²) in [6.07, 6.45) is 5.88. The van der Waals surface area contributed by atoms with Crippen LogP contribution < -0.4 is 5.73 Å². The molecule has 3 heterocycles. The summed E-state index contributed by atoms with van der Waals surface area (Å²) in [5.74, 6) is 0. The first-order valence-corrected chi connectivity index (χ1v) is 8.18. The molecular formula is C21H16N4. The fraction of sp³-hybridized carbons (Fsp3) is 0. The molecule has 0 amide bonds. The minimum Gasteiger partial charge on any atom is -0.399 e. The van der Waals surface area contributed by atoms with Crippen LogP contribution in [0.2, 0.25) is 0 Å². The van der Waals surface area contributed by atoms with Crippen molar-refractivity contribution in [1.29, 1.82) is 0 Å². The second kappa shape index (κ2) is 5.24. The molecular weight excluding hydrogens is 308 g/mol. The normalized spacial score (nSPS) is 11.4. The van der Waals surface area contributed by atoms with Crippen LogP contribution in [0.3, 0.4) is 0 Å². The van der Waals surface area contributed by atoms with E-state index in [2.05, 4.69) is 45.3 Å². The lowest BCUT2D eigenvalue weighted by Crippen LogP contribution is -1.85. The highest BCUT2D eigenvalue weighted by Gasteiger charge is 2.10. The van der Waals surface area contributed by atoms with E-state index in [4.69, 9.17) is 5.73 Å². The summed E-state index contributed by atoms with van der Waals surface area (Å²) in [7, 11) is 0. The molecule has 5 aromatic rings. The standard InChI is InChI=1S/C21H16N4/c22-17-4-1-13(2-5-17)16-10-18-19(12-25-21(18)24-11-16)14-3-6-20-15(9-14)7-8-23-20/h1-12,23H,22H2,(H,24,25). The molecule has 0 saturated heterocycles. The van der Waals surface area contributed by atoms with Gasteiger partial charge in [0.25, 0.3) is 0 Å². The van der Waals surface area contributed by atoms with E-state index in [9.17, 15) is 0 Å². The van der Waals surface area contributed by atoms with Gasteiger partial charge in [-0.25, -0.2) is 4.98 Å². The fourth-order valence-electron chi connectivity index (χ4n) is 3.30. The summed E-state index contributed by atoms with van der Waals surface area (Å²) in [6.45, 7) is 0. The highest BCUT2D eigenvalue weighted by atomic mass is 14.8. The number of nitrogens with one attached hydrogen (secondary N) is 2. The molecule has 0 aliphatic carbocycles. The maximum absolute atomic E-state index is 5.79. The molecule has 5 rings (SSSR count). The second-order valence-corrected chi connectivity index (χ2v) is 6.22. The number of H-pyrrole nitrogens is 2. The van der Waals surface area contributed by atoms with E-state index in [0.717, 1.165) is 38.9 Å². The van der Waals surface area contributed by atoms with Crippen molar-refractivity contribution < 1.29 is 0 Å². The largest absolute Gasteiger partial charge is 0.399 e. The van der Waals surface area contributed by atoms with Crippen molar-refractivity contribution in [3.05, 3.63) is 73.2 Å². The number of aromatic nitrogens is 3. The molecule has 0 radical (unpaired) electrons. The molecule has 2 aromatic carbocycles. The molecule has 0 aliphatic heterocycles. The Labute approximate surface area is 144 Å². The van der Waals surface area contributed by atoms with Crippen LogP contribution >= 0.6 is 0 Å². The van der Waals surface area contributed by atoms with Gasteiger partial charge in [-0.1, -0.05) is 18.2 Å². The Bertz CT molecular complexity index is 1200. The highest BCUT2D eigenvalue weighted by molar-refractivity contribution is 5.98. The van der Waals surface area contributed by atoms with Gasteiger partial charge in [0.1, 0.15) is 5.65 Å². The monoisotopic (exact) mass is 324 g/mol. The number of benzene rings is 2. The van der Waals surface area contributed by atoms with E-state index in [1.807, 2.05) is 42.9 Å². The molecule has 4 N–H and O–H groups in total. The van der Waals surface area contributed by atoms with Crippen LogP contribution in [-0.2, 0) is 0 Å². The molecule has 0 bridgehead atoms. The van der Waals surface area contributed by atoms with E-state index in [0.29, 0.717) is 0 Å². The van der Waals surface area contributed by atoms with Crippen LogP contribution in [-0.4, -0.2) is 15.0 Å². The average Bonchev–Trinajstić information content (AvgIpc) is 3.27. The Balaban J connectivity index is 1.68. The van der Waals surface area contributed by atoms with E-state index >= 15 is 0 Å². The lowest BCUT2D eigenvalue weighted by Gasteiger charge is -2.04. The zero-order valence-electron chi connectivity index (χ0n) is 13.5. The van der Waals surface area contributed by atoms with Crippen molar-refractivity contribution in [2.75, 3.05) is 5.73 Å². The summed E-state index contributed by atoms with van der Waals surface area (Å²) in [5, 5.41) is 2.32. The number of nitrogens with two attached hydrogens (primary N) is 1. The van der Waals surface area contributed by atoms with Gasteiger partial charge in [0.2, 0.25) is 0 Å². The van der Waals surface area contributed by atoms with Gasteiger partial charge in [0, 0.05) is 46.3 Å². The van der Waals surface area contributed by atoms with Crippen molar-refractivity contribution >= 4 is 27.6 Å². The molecule has 0 saturated carbocycles. The number of hydrogen-bond acceptors (Lipinski definition) is 2. The van der Waals surface area contributed by atoms with Crippen molar-refractivity contribution in [2.45, 2.75) is 0 Å². The second-order valence-electron chi connectivity index (χ2n) is 6.22. The third-order valence-corrected chi connectivity index (χ3v) is 4.64. The van der Waals surface area contributed by atoms with E-state index in [-0.39, 0.29) is 0 Å². The van der Waals surface area contributed by atoms with Crippen molar-refractivity contribution in [3.63, 3.8) is 0 Å². The minimum atomic E-state index is 0.764. The maximum Gasteiger partial charge on any atom is 0.137 e. The van der Waals surface area contributed by atoms with Gasteiger partial charge >= 0.3 is 0 Å². The van der Waals surface area contributed by atoms with Gasteiger partial charge in [-0.15, -0.1) is 0 Å². The fourth-order valence-corrected chi connectivity index (χ4v) is 3.30. The van der Waals surface area contributed by atoms with E-state index in [1.54, 1.807) is 0 Å².